The fraction of sp³-hybridized carbons (Fsp3) is 0.706. The number of nitrogens with zero attached hydrogens (tertiary/aromatic N) is 2. The summed E-state index contributed by atoms with van der Waals surface area (Å²) in [6, 6.07) is 4.37. The molecule has 112 valence electrons. The highest BCUT2D eigenvalue weighted by atomic mass is 15.1. The lowest BCUT2D eigenvalue weighted by Crippen LogP contribution is -2.29. The molecule has 0 spiro atoms. The maximum Gasteiger partial charge on any atom is 0.0544 e. The molecule has 1 fully saturated rings. The first-order chi connectivity index (χ1) is 9.63. The molecule has 1 saturated carbocycles. The SMILES string of the molecule is CC(C)CNCc1ccc(CN(C)CC2CCC2)nc1. The number of aromatic nitrogens is 1. The summed E-state index contributed by atoms with van der Waals surface area (Å²) in [5.41, 5.74) is 2.45. The average Bonchev–Trinajstić information content (AvgIpc) is 2.36. The first-order valence-corrected chi connectivity index (χ1v) is 7.96. The molecular formula is C17H29N3. The molecule has 0 radical (unpaired) electrons. The molecule has 3 nitrogen and oxygen atoms in total. The van der Waals surface area contributed by atoms with Gasteiger partial charge < -0.3 is 10.2 Å². The van der Waals surface area contributed by atoms with Crippen molar-refractivity contribution in [1.29, 1.82) is 0 Å². The van der Waals surface area contributed by atoms with Gasteiger partial charge in [0.2, 0.25) is 0 Å². The van der Waals surface area contributed by atoms with Gasteiger partial charge in [-0.3, -0.25) is 4.98 Å². The maximum absolute atomic E-state index is 4.59. The largest absolute Gasteiger partial charge is 0.312 e. The Bertz CT molecular complexity index is 382. The molecule has 0 bridgehead atoms. The Balaban J connectivity index is 1.72. The number of rotatable bonds is 8. The smallest absolute Gasteiger partial charge is 0.0544 e. The molecule has 3 heteroatoms. The van der Waals surface area contributed by atoms with Crippen LogP contribution >= 0.6 is 0 Å². The van der Waals surface area contributed by atoms with Crippen LogP contribution in [0.2, 0.25) is 0 Å². The van der Waals surface area contributed by atoms with E-state index in [2.05, 4.69) is 48.2 Å². The van der Waals surface area contributed by atoms with Crippen LogP contribution in [0.15, 0.2) is 18.3 Å². The third kappa shape index (κ3) is 5.22. The highest BCUT2D eigenvalue weighted by molar-refractivity contribution is 5.14. The highest BCUT2D eigenvalue weighted by Gasteiger charge is 2.19. The van der Waals surface area contributed by atoms with Gasteiger partial charge in [-0.25, -0.2) is 0 Å². The van der Waals surface area contributed by atoms with Gasteiger partial charge in [0.25, 0.3) is 0 Å². The molecule has 1 heterocycles. The minimum Gasteiger partial charge on any atom is -0.312 e. The quantitative estimate of drug-likeness (QED) is 0.790. The van der Waals surface area contributed by atoms with E-state index in [-0.39, 0.29) is 0 Å². The van der Waals surface area contributed by atoms with Crippen molar-refractivity contribution in [3.8, 4) is 0 Å². The lowest BCUT2D eigenvalue weighted by Gasteiger charge is -2.29. The number of pyridine rings is 1. The van der Waals surface area contributed by atoms with Gasteiger partial charge in [-0.15, -0.1) is 0 Å². The van der Waals surface area contributed by atoms with Gasteiger partial charge in [0, 0.05) is 25.8 Å². The summed E-state index contributed by atoms with van der Waals surface area (Å²) in [6.07, 6.45) is 6.27. The Hall–Kier alpha value is -0.930. The van der Waals surface area contributed by atoms with Crippen LogP contribution < -0.4 is 5.32 Å². The third-order valence-electron chi connectivity index (χ3n) is 3.99. The molecule has 0 amide bonds. The van der Waals surface area contributed by atoms with E-state index in [9.17, 15) is 0 Å². The second-order valence-corrected chi connectivity index (χ2v) is 6.68. The molecule has 1 aliphatic rings. The van der Waals surface area contributed by atoms with E-state index in [1.807, 2.05) is 6.20 Å². The fourth-order valence-electron chi connectivity index (χ4n) is 2.62. The van der Waals surface area contributed by atoms with E-state index in [0.29, 0.717) is 5.92 Å². The van der Waals surface area contributed by atoms with Crippen LogP contribution in [0, 0.1) is 11.8 Å². The minimum atomic E-state index is 0.697. The van der Waals surface area contributed by atoms with Crippen molar-refractivity contribution in [2.75, 3.05) is 20.1 Å². The van der Waals surface area contributed by atoms with Crippen molar-refractivity contribution in [3.63, 3.8) is 0 Å². The fourth-order valence-corrected chi connectivity index (χ4v) is 2.62. The van der Waals surface area contributed by atoms with Gasteiger partial charge >= 0.3 is 0 Å². The molecule has 0 saturated heterocycles. The molecule has 1 N–H and O–H groups in total. The lowest BCUT2D eigenvalue weighted by atomic mass is 9.85. The zero-order chi connectivity index (χ0) is 14.4. The third-order valence-corrected chi connectivity index (χ3v) is 3.99. The van der Waals surface area contributed by atoms with Gasteiger partial charge in [-0.2, -0.15) is 0 Å². The number of hydrogen-bond donors (Lipinski definition) is 1. The summed E-state index contributed by atoms with van der Waals surface area (Å²) >= 11 is 0. The Morgan fingerprint density at radius 3 is 2.70 bits per heavy atom. The zero-order valence-electron chi connectivity index (χ0n) is 13.2. The van der Waals surface area contributed by atoms with Crippen LogP contribution in [0.25, 0.3) is 0 Å². The van der Waals surface area contributed by atoms with Crippen molar-refractivity contribution in [3.05, 3.63) is 29.6 Å². The maximum atomic E-state index is 4.59. The first-order valence-electron chi connectivity index (χ1n) is 7.96. The standard InChI is InChI=1S/C17H29N3/c1-14(2)9-18-10-16-7-8-17(19-11-16)13-20(3)12-15-5-4-6-15/h7-8,11,14-15,18H,4-6,9-10,12-13H2,1-3H3. The van der Waals surface area contributed by atoms with Crippen molar-refractivity contribution in [1.82, 2.24) is 15.2 Å². The van der Waals surface area contributed by atoms with Crippen LogP contribution in [0.5, 0.6) is 0 Å². The van der Waals surface area contributed by atoms with Gasteiger partial charge in [0.05, 0.1) is 5.69 Å². The number of nitrogens with one attached hydrogen (secondary N) is 1. The van der Waals surface area contributed by atoms with Gasteiger partial charge in [0.15, 0.2) is 0 Å². The molecule has 0 aromatic carbocycles. The Labute approximate surface area is 123 Å². The summed E-state index contributed by atoms with van der Waals surface area (Å²) in [6.45, 7) is 8.63. The molecule has 1 aliphatic carbocycles. The molecule has 20 heavy (non-hydrogen) atoms. The summed E-state index contributed by atoms with van der Waals surface area (Å²) in [5, 5.41) is 3.45. The lowest BCUT2D eigenvalue weighted by molar-refractivity contribution is 0.199. The summed E-state index contributed by atoms with van der Waals surface area (Å²) in [5.74, 6) is 1.63. The van der Waals surface area contributed by atoms with Crippen LogP contribution in [0.4, 0.5) is 0 Å². The van der Waals surface area contributed by atoms with Crippen LogP contribution in [0.1, 0.15) is 44.4 Å². The minimum absolute atomic E-state index is 0.697. The monoisotopic (exact) mass is 275 g/mol. The van der Waals surface area contributed by atoms with E-state index in [0.717, 1.165) is 25.6 Å². The topological polar surface area (TPSA) is 28.2 Å². The number of hydrogen-bond acceptors (Lipinski definition) is 3. The van der Waals surface area contributed by atoms with Crippen LogP contribution in [-0.4, -0.2) is 30.0 Å². The molecule has 1 aromatic rings. The molecule has 2 rings (SSSR count). The zero-order valence-corrected chi connectivity index (χ0v) is 13.2. The second kappa shape index (κ2) is 7.75. The van der Waals surface area contributed by atoms with Gasteiger partial charge in [-0.05, 0) is 49.9 Å². The molecule has 1 aromatic heterocycles. The van der Waals surface area contributed by atoms with Gasteiger partial charge in [0.1, 0.15) is 0 Å². The Morgan fingerprint density at radius 2 is 2.15 bits per heavy atom. The Kier molecular flexibility index (Phi) is 5.99. The van der Waals surface area contributed by atoms with Crippen LogP contribution in [0.3, 0.4) is 0 Å². The van der Waals surface area contributed by atoms with E-state index in [1.54, 1.807) is 0 Å². The van der Waals surface area contributed by atoms with Crippen molar-refractivity contribution < 1.29 is 0 Å². The van der Waals surface area contributed by atoms with Crippen molar-refractivity contribution in [2.24, 2.45) is 11.8 Å². The van der Waals surface area contributed by atoms with Crippen molar-refractivity contribution in [2.45, 2.75) is 46.2 Å². The first kappa shape index (κ1) is 15.5. The van der Waals surface area contributed by atoms with E-state index in [4.69, 9.17) is 0 Å². The molecule has 0 unspecified atom stereocenters. The summed E-state index contributed by atoms with van der Waals surface area (Å²) in [4.78, 5) is 6.99. The van der Waals surface area contributed by atoms with Gasteiger partial charge in [-0.1, -0.05) is 26.3 Å². The summed E-state index contributed by atoms with van der Waals surface area (Å²) < 4.78 is 0. The van der Waals surface area contributed by atoms with E-state index in [1.165, 1.54) is 37.1 Å². The van der Waals surface area contributed by atoms with E-state index >= 15 is 0 Å². The van der Waals surface area contributed by atoms with Crippen LogP contribution in [-0.2, 0) is 13.1 Å². The highest BCUT2D eigenvalue weighted by Crippen LogP contribution is 2.26. The predicted octanol–water partition coefficient (Wildman–Crippen LogP) is 3.06. The molecular weight excluding hydrogens is 246 g/mol. The molecule has 0 aliphatic heterocycles. The summed E-state index contributed by atoms with van der Waals surface area (Å²) in [7, 11) is 2.21. The van der Waals surface area contributed by atoms with E-state index < -0.39 is 0 Å². The van der Waals surface area contributed by atoms with Crippen molar-refractivity contribution >= 4 is 0 Å². The molecule has 0 atom stereocenters. The predicted molar refractivity (Wildman–Crippen MR) is 84.5 cm³/mol. The Morgan fingerprint density at radius 1 is 1.35 bits per heavy atom. The second-order valence-electron chi connectivity index (χ2n) is 6.68. The normalized spacial score (nSPS) is 15.8. The average molecular weight is 275 g/mol.